The number of nitrogens with zero attached hydrogens (tertiary/aromatic N) is 1. The number of hydrogen-bond acceptors (Lipinski definition) is 4. The van der Waals surface area contributed by atoms with Crippen LogP contribution in [0.2, 0.25) is 0 Å². The summed E-state index contributed by atoms with van der Waals surface area (Å²) in [5.41, 5.74) is 1.79. The van der Waals surface area contributed by atoms with E-state index in [2.05, 4.69) is 29.3 Å². The molecule has 6 heteroatoms. The lowest BCUT2D eigenvalue weighted by molar-refractivity contribution is 0.0933. The molecule has 5 nitrogen and oxygen atoms in total. The number of unbranched alkanes of at least 4 members (excludes halogenated alkanes) is 1. The van der Waals surface area contributed by atoms with Crippen molar-refractivity contribution in [3.05, 3.63) is 59.7 Å². The number of nitrogens with one attached hydrogen (secondary N) is 1. The smallest absolute Gasteiger partial charge is 0.255 e. The zero-order valence-corrected chi connectivity index (χ0v) is 18.7. The van der Waals surface area contributed by atoms with Gasteiger partial charge in [-0.3, -0.25) is 9.69 Å². The normalized spacial score (nSPS) is 14.6. The molecule has 0 aliphatic carbocycles. The lowest BCUT2D eigenvalue weighted by Crippen LogP contribution is -2.37. The third kappa shape index (κ3) is 6.38. The van der Waals surface area contributed by atoms with Gasteiger partial charge in [0.2, 0.25) is 0 Å². The molecular weight excluding hydrogens is 400 g/mol. The topological polar surface area (TPSA) is 50.8 Å². The van der Waals surface area contributed by atoms with Crippen molar-refractivity contribution >= 4 is 18.3 Å². The Morgan fingerprint density at radius 1 is 1.10 bits per heavy atom. The zero-order valence-electron chi connectivity index (χ0n) is 17.9. The SMILES string of the molecule is CCCCOc1ccccc1C(=O)NCC(c1ccc(OC)cc1)N1CCCC1.Cl. The van der Waals surface area contributed by atoms with Crippen LogP contribution in [0.25, 0.3) is 0 Å². The molecule has 2 aromatic rings. The van der Waals surface area contributed by atoms with Gasteiger partial charge >= 0.3 is 0 Å². The summed E-state index contributed by atoms with van der Waals surface area (Å²) in [6.45, 7) is 5.43. The highest BCUT2D eigenvalue weighted by atomic mass is 35.5. The first kappa shape index (κ1) is 24.0. The highest BCUT2D eigenvalue weighted by Gasteiger charge is 2.24. The van der Waals surface area contributed by atoms with E-state index in [1.807, 2.05) is 36.4 Å². The lowest BCUT2D eigenvalue weighted by atomic mass is 10.0. The van der Waals surface area contributed by atoms with Crippen molar-refractivity contribution in [2.24, 2.45) is 0 Å². The van der Waals surface area contributed by atoms with Gasteiger partial charge in [-0.1, -0.05) is 37.6 Å². The Hall–Kier alpha value is -2.24. The third-order valence-corrected chi connectivity index (χ3v) is 5.43. The number of hydrogen-bond donors (Lipinski definition) is 1. The maximum atomic E-state index is 12.9. The van der Waals surface area contributed by atoms with E-state index in [-0.39, 0.29) is 24.4 Å². The van der Waals surface area contributed by atoms with E-state index < -0.39 is 0 Å². The second kappa shape index (κ2) is 12.5. The Kier molecular flexibility index (Phi) is 9.98. The highest BCUT2D eigenvalue weighted by Crippen LogP contribution is 2.26. The first-order valence-electron chi connectivity index (χ1n) is 10.6. The summed E-state index contributed by atoms with van der Waals surface area (Å²) in [6, 6.07) is 15.8. The third-order valence-electron chi connectivity index (χ3n) is 5.43. The van der Waals surface area contributed by atoms with E-state index in [4.69, 9.17) is 9.47 Å². The number of carbonyl (C=O) groups is 1. The molecule has 0 saturated carbocycles. The number of ether oxygens (including phenoxy) is 2. The van der Waals surface area contributed by atoms with Crippen LogP contribution >= 0.6 is 12.4 Å². The van der Waals surface area contributed by atoms with Crippen LogP contribution in [0, 0.1) is 0 Å². The minimum absolute atomic E-state index is 0. The molecule has 0 aromatic heterocycles. The van der Waals surface area contributed by atoms with Gasteiger partial charge in [-0.2, -0.15) is 0 Å². The maximum Gasteiger partial charge on any atom is 0.255 e. The first-order valence-corrected chi connectivity index (χ1v) is 10.6. The van der Waals surface area contributed by atoms with Crippen molar-refractivity contribution in [1.82, 2.24) is 10.2 Å². The fourth-order valence-corrected chi connectivity index (χ4v) is 3.73. The summed E-state index contributed by atoms with van der Waals surface area (Å²) in [5, 5.41) is 3.14. The van der Waals surface area contributed by atoms with Crippen LogP contribution < -0.4 is 14.8 Å². The fourth-order valence-electron chi connectivity index (χ4n) is 3.73. The molecule has 1 aliphatic heterocycles. The quantitative estimate of drug-likeness (QED) is 0.544. The van der Waals surface area contributed by atoms with Crippen LogP contribution in [0.4, 0.5) is 0 Å². The van der Waals surface area contributed by atoms with E-state index in [1.54, 1.807) is 7.11 Å². The second-order valence-electron chi connectivity index (χ2n) is 7.44. The summed E-state index contributed by atoms with van der Waals surface area (Å²) in [7, 11) is 1.67. The van der Waals surface area contributed by atoms with Gasteiger partial charge < -0.3 is 14.8 Å². The van der Waals surface area contributed by atoms with Crippen molar-refractivity contribution in [2.75, 3.05) is 33.4 Å². The molecule has 1 fully saturated rings. The largest absolute Gasteiger partial charge is 0.497 e. The van der Waals surface area contributed by atoms with E-state index in [0.29, 0.717) is 24.5 Å². The van der Waals surface area contributed by atoms with Gasteiger partial charge in [0.25, 0.3) is 5.91 Å². The number of carbonyl (C=O) groups excluding carboxylic acids is 1. The molecule has 0 radical (unpaired) electrons. The number of para-hydroxylation sites is 1. The Labute approximate surface area is 186 Å². The van der Waals surface area contributed by atoms with Crippen molar-refractivity contribution in [1.29, 1.82) is 0 Å². The molecule has 1 heterocycles. The summed E-state index contributed by atoms with van der Waals surface area (Å²) in [5.74, 6) is 1.41. The Balaban J connectivity index is 0.00000320. The van der Waals surface area contributed by atoms with Crippen molar-refractivity contribution in [2.45, 2.75) is 38.6 Å². The van der Waals surface area contributed by atoms with Crippen LogP contribution in [-0.4, -0.2) is 44.2 Å². The van der Waals surface area contributed by atoms with Crippen molar-refractivity contribution in [3.8, 4) is 11.5 Å². The summed E-state index contributed by atoms with van der Waals surface area (Å²) < 4.78 is 11.1. The fraction of sp³-hybridized carbons (Fsp3) is 0.458. The van der Waals surface area contributed by atoms with Crippen LogP contribution in [-0.2, 0) is 0 Å². The predicted molar refractivity (Wildman–Crippen MR) is 123 cm³/mol. The van der Waals surface area contributed by atoms with Crippen molar-refractivity contribution in [3.63, 3.8) is 0 Å². The molecule has 2 aromatic carbocycles. The summed E-state index contributed by atoms with van der Waals surface area (Å²) in [6.07, 6.45) is 4.45. The minimum atomic E-state index is -0.0881. The van der Waals surface area contributed by atoms with Crippen molar-refractivity contribution < 1.29 is 14.3 Å². The lowest BCUT2D eigenvalue weighted by Gasteiger charge is -2.28. The van der Waals surface area contributed by atoms with Gasteiger partial charge in [0.05, 0.1) is 25.3 Å². The van der Waals surface area contributed by atoms with Crippen LogP contribution in [0.5, 0.6) is 11.5 Å². The highest BCUT2D eigenvalue weighted by molar-refractivity contribution is 5.96. The molecule has 0 spiro atoms. The molecule has 3 rings (SSSR count). The standard InChI is InChI=1S/C24H32N2O3.ClH/c1-3-4-17-29-23-10-6-5-9-21(23)24(27)25-18-22(26-15-7-8-16-26)19-11-13-20(28-2)14-12-19;/h5-6,9-14,22H,3-4,7-8,15-18H2,1-2H3,(H,25,27);1H. The van der Waals surface area contributed by atoms with E-state index >= 15 is 0 Å². The molecule has 0 bridgehead atoms. The number of methoxy groups -OCH3 is 1. The summed E-state index contributed by atoms with van der Waals surface area (Å²) >= 11 is 0. The molecule has 30 heavy (non-hydrogen) atoms. The number of benzene rings is 2. The molecule has 1 N–H and O–H groups in total. The van der Waals surface area contributed by atoms with Gasteiger partial charge in [0.1, 0.15) is 11.5 Å². The van der Waals surface area contributed by atoms with Crippen LogP contribution in [0.15, 0.2) is 48.5 Å². The molecular formula is C24H33ClN2O3. The Morgan fingerprint density at radius 2 is 1.80 bits per heavy atom. The minimum Gasteiger partial charge on any atom is -0.497 e. The molecule has 1 unspecified atom stereocenters. The van der Waals surface area contributed by atoms with Gasteiger partial charge in [0, 0.05) is 6.54 Å². The van der Waals surface area contributed by atoms with Crippen LogP contribution in [0.1, 0.15) is 54.6 Å². The zero-order chi connectivity index (χ0) is 20.5. The van der Waals surface area contributed by atoms with Gasteiger partial charge in [-0.25, -0.2) is 0 Å². The predicted octanol–water partition coefficient (Wildman–Crippen LogP) is 4.86. The molecule has 1 saturated heterocycles. The molecule has 1 amide bonds. The number of halogens is 1. The Bertz CT molecular complexity index is 776. The molecule has 1 aliphatic rings. The first-order chi connectivity index (χ1) is 14.2. The van der Waals surface area contributed by atoms with E-state index in [9.17, 15) is 4.79 Å². The maximum absolute atomic E-state index is 12.9. The van der Waals surface area contributed by atoms with E-state index in [1.165, 1.54) is 18.4 Å². The van der Waals surface area contributed by atoms with E-state index in [0.717, 1.165) is 31.7 Å². The van der Waals surface area contributed by atoms with Crippen LogP contribution in [0.3, 0.4) is 0 Å². The average molecular weight is 433 g/mol. The number of likely N-dealkylation sites (tertiary alicyclic amines) is 1. The molecule has 164 valence electrons. The Morgan fingerprint density at radius 3 is 2.47 bits per heavy atom. The van der Waals surface area contributed by atoms with Gasteiger partial charge in [0.15, 0.2) is 0 Å². The van der Waals surface area contributed by atoms with Gasteiger partial charge in [-0.15, -0.1) is 12.4 Å². The monoisotopic (exact) mass is 432 g/mol. The summed E-state index contributed by atoms with van der Waals surface area (Å²) in [4.78, 5) is 15.4. The average Bonchev–Trinajstić information content (AvgIpc) is 3.29. The van der Waals surface area contributed by atoms with Gasteiger partial charge in [-0.05, 0) is 62.2 Å². The second-order valence-corrected chi connectivity index (χ2v) is 7.44. The number of amides is 1. The number of rotatable bonds is 10. The molecule has 1 atom stereocenters.